The number of halogens is 1. The zero-order chi connectivity index (χ0) is 25.1. The molecule has 3 heterocycles. The molecule has 1 N–H and O–H groups in total. The lowest BCUT2D eigenvalue weighted by molar-refractivity contribution is -0.132. The van der Waals surface area contributed by atoms with Crippen molar-refractivity contribution in [3.05, 3.63) is 45.7 Å². The summed E-state index contributed by atoms with van der Waals surface area (Å²) in [6, 6.07) is 5.96. The molecule has 8 nitrogen and oxygen atoms in total. The van der Waals surface area contributed by atoms with Crippen molar-refractivity contribution in [2.45, 2.75) is 51.7 Å². The van der Waals surface area contributed by atoms with Crippen molar-refractivity contribution < 1.29 is 14.7 Å². The third-order valence-corrected chi connectivity index (χ3v) is 9.10. The number of piperidine rings is 1. The zero-order valence-electron chi connectivity index (χ0n) is 21.0. The Bertz CT molecular complexity index is 1200. The number of carbonyl (C=O) groups is 2. The van der Waals surface area contributed by atoms with Gasteiger partial charge in [-0.05, 0) is 61.6 Å². The highest BCUT2D eigenvalue weighted by Gasteiger charge is 2.50. The number of likely N-dealkylation sites (tertiary alicyclic amines) is 1. The maximum absolute atomic E-state index is 13.5. The number of benzene rings is 1. The molecule has 36 heavy (non-hydrogen) atoms. The first-order chi connectivity index (χ1) is 17.3. The lowest BCUT2D eigenvalue weighted by Crippen LogP contribution is -2.50. The first-order valence-electron chi connectivity index (χ1n) is 13.2. The highest BCUT2D eigenvalue weighted by molar-refractivity contribution is 6.31. The number of piperazine rings is 1. The van der Waals surface area contributed by atoms with Crippen LogP contribution in [-0.4, -0.2) is 81.9 Å². The summed E-state index contributed by atoms with van der Waals surface area (Å²) >= 11 is 6.31. The highest BCUT2D eigenvalue weighted by atomic mass is 35.5. The van der Waals surface area contributed by atoms with Gasteiger partial charge in [-0.15, -0.1) is 0 Å². The van der Waals surface area contributed by atoms with Gasteiger partial charge in [0.25, 0.3) is 5.91 Å². The highest BCUT2D eigenvalue weighted by Crippen LogP contribution is 2.57. The SMILES string of the molecule is Cc1c(Cl)cccc1N1CCN(C(=O)Cn2nc(C(=O)N3CC[C@H](O)[C@H](C)C3)c3c2C[C@H]2C[C@@H]32)CC1. The fourth-order valence-corrected chi connectivity index (χ4v) is 6.48. The second-order valence-electron chi connectivity index (χ2n) is 11.0. The number of aliphatic hydroxyl groups is 1. The van der Waals surface area contributed by atoms with Crippen LogP contribution in [0.25, 0.3) is 0 Å². The molecule has 0 unspecified atom stereocenters. The van der Waals surface area contributed by atoms with Gasteiger partial charge in [0, 0.05) is 61.2 Å². The van der Waals surface area contributed by atoms with E-state index in [0.29, 0.717) is 50.1 Å². The third-order valence-electron chi connectivity index (χ3n) is 8.69. The normalized spacial score (nSPS) is 27.2. The molecule has 1 aromatic heterocycles. The van der Waals surface area contributed by atoms with E-state index in [9.17, 15) is 14.7 Å². The number of hydrogen-bond donors (Lipinski definition) is 1. The van der Waals surface area contributed by atoms with E-state index in [1.165, 1.54) is 0 Å². The van der Waals surface area contributed by atoms with E-state index < -0.39 is 0 Å². The average Bonchev–Trinajstić information content (AvgIpc) is 3.40. The zero-order valence-corrected chi connectivity index (χ0v) is 21.7. The molecule has 2 saturated heterocycles. The van der Waals surface area contributed by atoms with Crippen molar-refractivity contribution in [1.82, 2.24) is 19.6 Å². The Morgan fingerprint density at radius 3 is 2.67 bits per heavy atom. The van der Waals surface area contributed by atoms with Crippen LogP contribution in [0.4, 0.5) is 5.69 Å². The van der Waals surface area contributed by atoms with Gasteiger partial charge in [-0.25, -0.2) is 0 Å². The standard InChI is InChI=1S/C27H34ClN5O3/c1-16-14-32(7-6-23(16)34)27(36)26-25-19-12-18(19)13-22(25)33(29-26)15-24(35)31-10-8-30(9-11-31)21-5-3-4-20(28)17(21)2/h3-5,16,18-19,23,34H,6-15H2,1-2H3/t16-,18-,19-,23+/m1/s1. The van der Waals surface area contributed by atoms with Crippen LogP contribution in [0.2, 0.25) is 5.02 Å². The van der Waals surface area contributed by atoms with Crippen LogP contribution in [0.5, 0.6) is 0 Å². The van der Waals surface area contributed by atoms with Gasteiger partial charge in [0.05, 0.1) is 6.10 Å². The molecule has 2 aliphatic carbocycles. The average molecular weight is 512 g/mol. The molecular formula is C27H34ClN5O3. The van der Waals surface area contributed by atoms with E-state index in [2.05, 4.69) is 11.0 Å². The number of rotatable bonds is 4. The van der Waals surface area contributed by atoms with Crippen LogP contribution in [0.15, 0.2) is 18.2 Å². The molecule has 1 saturated carbocycles. The van der Waals surface area contributed by atoms with Gasteiger partial charge in [0.2, 0.25) is 5.91 Å². The largest absolute Gasteiger partial charge is 0.393 e. The van der Waals surface area contributed by atoms with E-state index in [1.807, 2.05) is 40.5 Å². The molecule has 6 rings (SSSR count). The minimum atomic E-state index is -0.356. The van der Waals surface area contributed by atoms with Gasteiger partial charge >= 0.3 is 0 Å². The second kappa shape index (κ2) is 9.06. The minimum Gasteiger partial charge on any atom is -0.393 e. The monoisotopic (exact) mass is 511 g/mol. The molecule has 0 spiro atoms. The van der Waals surface area contributed by atoms with E-state index in [-0.39, 0.29) is 30.4 Å². The summed E-state index contributed by atoms with van der Waals surface area (Å²) in [5, 5.41) is 15.6. The van der Waals surface area contributed by atoms with Crippen LogP contribution < -0.4 is 4.90 Å². The van der Waals surface area contributed by atoms with E-state index in [0.717, 1.165) is 53.5 Å². The summed E-state index contributed by atoms with van der Waals surface area (Å²) in [6.45, 7) is 8.12. The van der Waals surface area contributed by atoms with Crippen LogP contribution in [-0.2, 0) is 17.8 Å². The van der Waals surface area contributed by atoms with Crippen molar-refractivity contribution in [2.24, 2.45) is 11.8 Å². The van der Waals surface area contributed by atoms with Crippen molar-refractivity contribution in [1.29, 1.82) is 0 Å². The van der Waals surface area contributed by atoms with Crippen molar-refractivity contribution >= 4 is 29.1 Å². The lowest BCUT2D eigenvalue weighted by Gasteiger charge is -2.37. The van der Waals surface area contributed by atoms with Gasteiger partial charge < -0.3 is 19.8 Å². The Labute approximate surface area is 216 Å². The number of aromatic nitrogens is 2. The number of carbonyl (C=O) groups excluding carboxylic acids is 2. The van der Waals surface area contributed by atoms with Crippen molar-refractivity contribution in [3.63, 3.8) is 0 Å². The van der Waals surface area contributed by atoms with Crippen LogP contribution in [0.1, 0.15) is 53.0 Å². The Morgan fingerprint density at radius 1 is 1.14 bits per heavy atom. The van der Waals surface area contributed by atoms with E-state index >= 15 is 0 Å². The predicted molar refractivity (Wildman–Crippen MR) is 137 cm³/mol. The number of fused-ring (bicyclic) bond motifs is 3. The number of hydrogen-bond acceptors (Lipinski definition) is 5. The second-order valence-corrected chi connectivity index (χ2v) is 11.4. The van der Waals surface area contributed by atoms with Crippen LogP contribution >= 0.6 is 11.6 Å². The molecule has 9 heteroatoms. The summed E-state index contributed by atoms with van der Waals surface area (Å²) in [5.41, 5.74) is 4.89. The first-order valence-corrected chi connectivity index (χ1v) is 13.5. The molecule has 2 aliphatic heterocycles. The van der Waals surface area contributed by atoms with Gasteiger partial charge in [-0.2, -0.15) is 5.10 Å². The summed E-state index contributed by atoms with van der Waals surface area (Å²) in [6.07, 6.45) is 2.27. The first kappa shape index (κ1) is 23.8. The molecule has 192 valence electrons. The van der Waals surface area contributed by atoms with Gasteiger partial charge in [0.15, 0.2) is 5.69 Å². The topological polar surface area (TPSA) is 81.9 Å². The third kappa shape index (κ3) is 4.08. The van der Waals surface area contributed by atoms with Gasteiger partial charge in [0.1, 0.15) is 6.54 Å². The molecular weight excluding hydrogens is 478 g/mol. The number of nitrogens with zero attached hydrogens (tertiary/aromatic N) is 5. The summed E-state index contributed by atoms with van der Waals surface area (Å²) in [7, 11) is 0. The predicted octanol–water partition coefficient (Wildman–Crippen LogP) is 2.70. The van der Waals surface area contributed by atoms with Gasteiger partial charge in [-0.3, -0.25) is 14.3 Å². The maximum atomic E-state index is 13.5. The summed E-state index contributed by atoms with van der Waals surface area (Å²) in [5.74, 6) is 1.08. The molecule has 4 aliphatic rings. The number of anilines is 1. The van der Waals surface area contributed by atoms with Crippen molar-refractivity contribution in [3.8, 4) is 0 Å². The molecule has 0 bridgehead atoms. The number of amides is 2. The van der Waals surface area contributed by atoms with Crippen LogP contribution in [0.3, 0.4) is 0 Å². The molecule has 0 radical (unpaired) electrons. The molecule has 4 atom stereocenters. The quantitative estimate of drug-likeness (QED) is 0.682. The summed E-state index contributed by atoms with van der Waals surface area (Å²) < 4.78 is 1.81. The minimum absolute atomic E-state index is 0.0470. The smallest absolute Gasteiger partial charge is 0.274 e. The summed E-state index contributed by atoms with van der Waals surface area (Å²) in [4.78, 5) is 32.8. The Morgan fingerprint density at radius 2 is 1.92 bits per heavy atom. The Kier molecular flexibility index (Phi) is 5.99. The van der Waals surface area contributed by atoms with Crippen molar-refractivity contribution in [2.75, 3.05) is 44.2 Å². The van der Waals surface area contributed by atoms with Gasteiger partial charge in [-0.1, -0.05) is 24.6 Å². The fourth-order valence-electron chi connectivity index (χ4n) is 6.31. The van der Waals surface area contributed by atoms with Crippen LogP contribution in [0, 0.1) is 18.8 Å². The van der Waals surface area contributed by atoms with E-state index in [1.54, 1.807) is 0 Å². The molecule has 2 amide bonds. The fraction of sp³-hybridized carbons (Fsp3) is 0.593. The number of aliphatic hydroxyl groups excluding tert-OH is 1. The molecule has 1 aromatic carbocycles. The maximum Gasteiger partial charge on any atom is 0.274 e. The Balaban J connectivity index is 1.15. The molecule has 2 aromatic rings. The molecule has 3 fully saturated rings. The van der Waals surface area contributed by atoms with E-state index in [4.69, 9.17) is 16.7 Å². The Hall–Kier alpha value is -2.58. The lowest BCUT2D eigenvalue weighted by atomic mass is 9.96.